The zero-order chi connectivity index (χ0) is 14.5. The fraction of sp³-hybridized carbons (Fsp3) is 0.0667. The van der Waals surface area contributed by atoms with Gasteiger partial charge < -0.3 is 16.2 Å². The lowest BCUT2D eigenvalue weighted by Gasteiger charge is -2.12. The molecule has 1 unspecified atom stereocenters. The first-order chi connectivity index (χ1) is 9.58. The van der Waals surface area contributed by atoms with Crippen LogP contribution in [0.4, 0.5) is 5.69 Å². The molecular formula is C15H14N2O3. The minimum atomic E-state index is -1.01. The highest BCUT2D eigenvalue weighted by Gasteiger charge is 2.15. The molecule has 1 amide bonds. The van der Waals surface area contributed by atoms with Crippen molar-refractivity contribution in [2.75, 3.05) is 5.32 Å². The zero-order valence-corrected chi connectivity index (χ0v) is 10.6. The molecule has 0 saturated carbocycles. The second-order valence-corrected chi connectivity index (χ2v) is 4.26. The predicted octanol–water partition coefficient (Wildman–Crippen LogP) is 2.02. The second kappa shape index (κ2) is 5.99. The summed E-state index contributed by atoms with van der Waals surface area (Å²) in [7, 11) is 0. The molecule has 0 spiro atoms. The molecule has 0 heterocycles. The standard InChI is InChI=1S/C15H14N2O3/c16-13(10-4-2-1-3-5-10)14(18)17-12-8-6-11(7-9-12)15(19)20/h1-9,13H,16H2,(H,17,18)(H,19,20). The molecule has 2 aromatic carbocycles. The van der Waals surface area contributed by atoms with Crippen LogP contribution in [0.3, 0.4) is 0 Å². The number of carbonyl (C=O) groups is 2. The maximum atomic E-state index is 12.0. The third kappa shape index (κ3) is 3.21. The van der Waals surface area contributed by atoms with E-state index < -0.39 is 12.0 Å². The van der Waals surface area contributed by atoms with Gasteiger partial charge in [-0.3, -0.25) is 4.79 Å². The van der Waals surface area contributed by atoms with Crippen molar-refractivity contribution in [1.29, 1.82) is 0 Å². The van der Waals surface area contributed by atoms with Crippen LogP contribution in [0.2, 0.25) is 0 Å². The molecule has 0 fully saturated rings. The van der Waals surface area contributed by atoms with Gasteiger partial charge in [0, 0.05) is 5.69 Å². The van der Waals surface area contributed by atoms with E-state index in [1.807, 2.05) is 18.2 Å². The third-order valence-electron chi connectivity index (χ3n) is 2.84. The molecule has 2 rings (SSSR count). The van der Waals surface area contributed by atoms with E-state index in [9.17, 15) is 9.59 Å². The number of amides is 1. The molecule has 0 aliphatic heterocycles. The van der Waals surface area contributed by atoms with Gasteiger partial charge >= 0.3 is 5.97 Å². The maximum absolute atomic E-state index is 12.0. The average Bonchev–Trinajstić information content (AvgIpc) is 2.48. The van der Waals surface area contributed by atoms with Gasteiger partial charge in [0.2, 0.25) is 5.91 Å². The van der Waals surface area contributed by atoms with E-state index in [1.165, 1.54) is 24.3 Å². The zero-order valence-electron chi connectivity index (χ0n) is 10.6. The number of hydrogen-bond acceptors (Lipinski definition) is 3. The number of carbonyl (C=O) groups excluding carboxylic acids is 1. The molecule has 102 valence electrons. The largest absolute Gasteiger partial charge is 0.478 e. The maximum Gasteiger partial charge on any atom is 0.335 e. The van der Waals surface area contributed by atoms with Crippen LogP contribution in [0.5, 0.6) is 0 Å². The Labute approximate surface area is 116 Å². The summed E-state index contributed by atoms with van der Waals surface area (Å²) in [4.78, 5) is 22.7. The van der Waals surface area contributed by atoms with Gasteiger partial charge in [-0.1, -0.05) is 30.3 Å². The highest BCUT2D eigenvalue weighted by Crippen LogP contribution is 2.14. The Morgan fingerprint density at radius 3 is 2.15 bits per heavy atom. The smallest absolute Gasteiger partial charge is 0.335 e. The summed E-state index contributed by atoms with van der Waals surface area (Å²) in [5.74, 6) is -1.36. The molecule has 2 aromatic rings. The van der Waals surface area contributed by atoms with Crippen molar-refractivity contribution in [1.82, 2.24) is 0 Å². The number of carboxylic acids is 1. The Morgan fingerprint density at radius 1 is 1.00 bits per heavy atom. The van der Waals surface area contributed by atoms with Crippen LogP contribution in [0, 0.1) is 0 Å². The quantitative estimate of drug-likeness (QED) is 0.792. The van der Waals surface area contributed by atoms with Crippen LogP contribution in [0.25, 0.3) is 0 Å². The fourth-order valence-corrected chi connectivity index (χ4v) is 1.73. The van der Waals surface area contributed by atoms with E-state index in [1.54, 1.807) is 12.1 Å². The van der Waals surface area contributed by atoms with Gasteiger partial charge in [-0.2, -0.15) is 0 Å². The number of nitrogens with two attached hydrogens (primary N) is 1. The Hall–Kier alpha value is -2.66. The molecule has 5 heteroatoms. The number of anilines is 1. The molecule has 0 aliphatic carbocycles. The number of nitrogens with one attached hydrogen (secondary N) is 1. The number of benzene rings is 2. The SMILES string of the molecule is NC(C(=O)Nc1ccc(C(=O)O)cc1)c1ccccc1. The number of carboxylic acid groups (broad SMARTS) is 1. The van der Waals surface area contributed by atoms with Gasteiger partial charge in [0.15, 0.2) is 0 Å². The van der Waals surface area contributed by atoms with Crippen LogP contribution in [0.1, 0.15) is 22.0 Å². The highest BCUT2D eigenvalue weighted by molar-refractivity contribution is 5.96. The molecule has 5 nitrogen and oxygen atoms in total. The van der Waals surface area contributed by atoms with E-state index >= 15 is 0 Å². The lowest BCUT2D eigenvalue weighted by Crippen LogP contribution is -2.27. The molecule has 0 saturated heterocycles. The van der Waals surface area contributed by atoms with Gasteiger partial charge in [0.05, 0.1) is 5.56 Å². The van der Waals surface area contributed by atoms with Gasteiger partial charge in [-0.15, -0.1) is 0 Å². The molecule has 1 atom stereocenters. The monoisotopic (exact) mass is 270 g/mol. The van der Waals surface area contributed by atoms with Gasteiger partial charge in [0.25, 0.3) is 0 Å². The van der Waals surface area contributed by atoms with Gasteiger partial charge in [-0.25, -0.2) is 4.79 Å². The molecule has 0 aliphatic rings. The van der Waals surface area contributed by atoms with Crippen LogP contribution in [-0.4, -0.2) is 17.0 Å². The topological polar surface area (TPSA) is 92.4 Å². The average molecular weight is 270 g/mol. The van der Waals surface area contributed by atoms with E-state index in [4.69, 9.17) is 10.8 Å². The second-order valence-electron chi connectivity index (χ2n) is 4.26. The van der Waals surface area contributed by atoms with Crippen molar-refractivity contribution < 1.29 is 14.7 Å². The molecule has 0 bridgehead atoms. The van der Waals surface area contributed by atoms with Crippen LogP contribution in [-0.2, 0) is 4.79 Å². The van der Waals surface area contributed by atoms with E-state index in [-0.39, 0.29) is 11.5 Å². The van der Waals surface area contributed by atoms with E-state index in [0.29, 0.717) is 11.3 Å². The molecule has 20 heavy (non-hydrogen) atoms. The van der Waals surface area contributed by atoms with Gasteiger partial charge in [0.1, 0.15) is 6.04 Å². The Bertz CT molecular complexity index is 609. The summed E-state index contributed by atoms with van der Waals surface area (Å²) in [6.45, 7) is 0. The van der Waals surface area contributed by atoms with Crippen LogP contribution < -0.4 is 11.1 Å². The van der Waals surface area contributed by atoms with Crippen molar-refractivity contribution in [2.24, 2.45) is 5.73 Å². The summed E-state index contributed by atoms with van der Waals surface area (Å²) in [6.07, 6.45) is 0. The van der Waals surface area contributed by atoms with Crippen LogP contribution in [0.15, 0.2) is 54.6 Å². The highest BCUT2D eigenvalue weighted by atomic mass is 16.4. The summed E-state index contributed by atoms with van der Waals surface area (Å²) in [5, 5.41) is 11.4. The number of aromatic carboxylic acids is 1. The Morgan fingerprint density at radius 2 is 1.60 bits per heavy atom. The Kier molecular flexibility index (Phi) is 4.12. The minimum absolute atomic E-state index is 0.162. The van der Waals surface area contributed by atoms with Crippen molar-refractivity contribution in [3.63, 3.8) is 0 Å². The van der Waals surface area contributed by atoms with Crippen molar-refractivity contribution in [3.05, 3.63) is 65.7 Å². The van der Waals surface area contributed by atoms with Crippen molar-refractivity contribution >= 4 is 17.6 Å². The summed E-state index contributed by atoms with van der Waals surface area (Å²) < 4.78 is 0. The first-order valence-corrected chi connectivity index (χ1v) is 6.02. The summed E-state index contributed by atoms with van der Waals surface area (Å²) in [5.41, 5.74) is 7.24. The first-order valence-electron chi connectivity index (χ1n) is 6.02. The van der Waals surface area contributed by atoms with Crippen LogP contribution >= 0.6 is 0 Å². The molecule has 0 radical (unpaired) electrons. The van der Waals surface area contributed by atoms with Crippen molar-refractivity contribution in [3.8, 4) is 0 Å². The molecular weight excluding hydrogens is 256 g/mol. The summed E-state index contributed by atoms with van der Waals surface area (Å²) in [6, 6.07) is 14.1. The van der Waals surface area contributed by atoms with E-state index in [2.05, 4.69) is 5.32 Å². The Balaban J connectivity index is 2.06. The van der Waals surface area contributed by atoms with E-state index in [0.717, 1.165) is 0 Å². The minimum Gasteiger partial charge on any atom is -0.478 e. The fourth-order valence-electron chi connectivity index (χ4n) is 1.73. The lowest BCUT2D eigenvalue weighted by molar-refractivity contribution is -0.117. The lowest BCUT2D eigenvalue weighted by atomic mass is 10.1. The molecule has 4 N–H and O–H groups in total. The number of rotatable bonds is 4. The normalized spacial score (nSPS) is 11.7. The first kappa shape index (κ1) is 13.8. The molecule has 0 aromatic heterocycles. The van der Waals surface area contributed by atoms with Gasteiger partial charge in [-0.05, 0) is 29.8 Å². The summed E-state index contributed by atoms with van der Waals surface area (Å²) >= 11 is 0. The third-order valence-corrected chi connectivity index (χ3v) is 2.84. The van der Waals surface area contributed by atoms with Crippen molar-refractivity contribution in [2.45, 2.75) is 6.04 Å². The number of hydrogen-bond donors (Lipinski definition) is 3. The predicted molar refractivity (Wildman–Crippen MR) is 75.4 cm³/mol.